The standard InChI is InChI=1S/C16H20N2O2S/c1-2-3-4-13-5-7-14(8-6-13)17-15(19)11-18-9-10-21-12-16(18)20/h5-10H,2-4,11-12H2,1H3,(H,17,19). The van der Waals surface area contributed by atoms with Crippen molar-refractivity contribution in [1.82, 2.24) is 4.90 Å². The number of hydrogen-bond donors (Lipinski definition) is 1. The van der Waals surface area contributed by atoms with Crippen LogP contribution in [0.5, 0.6) is 0 Å². The van der Waals surface area contributed by atoms with Crippen LogP contribution in [0, 0.1) is 0 Å². The third-order valence-electron chi connectivity index (χ3n) is 3.23. The lowest BCUT2D eigenvalue weighted by Crippen LogP contribution is -2.36. The quantitative estimate of drug-likeness (QED) is 0.879. The molecule has 112 valence electrons. The molecule has 1 aromatic rings. The minimum atomic E-state index is -0.179. The molecule has 1 heterocycles. The molecule has 0 atom stereocenters. The highest BCUT2D eigenvalue weighted by atomic mass is 32.2. The van der Waals surface area contributed by atoms with Gasteiger partial charge in [-0.2, -0.15) is 0 Å². The molecule has 0 saturated carbocycles. The van der Waals surface area contributed by atoms with E-state index in [2.05, 4.69) is 12.2 Å². The number of rotatable bonds is 6. The third-order valence-corrected chi connectivity index (χ3v) is 3.96. The van der Waals surface area contributed by atoms with Gasteiger partial charge in [-0.05, 0) is 35.9 Å². The van der Waals surface area contributed by atoms with Crippen LogP contribution >= 0.6 is 11.8 Å². The zero-order valence-electron chi connectivity index (χ0n) is 12.2. The van der Waals surface area contributed by atoms with Gasteiger partial charge in [-0.15, -0.1) is 11.8 Å². The van der Waals surface area contributed by atoms with Crippen LogP contribution in [0.15, 0.2) is 35.9 Å². The highest BCUT2D eigenvalue weighted by molar-refractivity contribution is 8.02. The minimum Gasteiger partial charge on any atom is -0.325 e. The van der Waals surface area contributed by atoms with E-state index in [1.165, 1.54) is 35.1 Å². The number of unbranched alkanes of at least 4 members (excludes halogenated alkanes) is 1. The van der Waals surface area contributed by atoms with E-state index in [1.54, 1.807) is 6.20 Å². The number of aryl methyl sites for hydroxylation is 1. The lowest BCUT2D eigenvalue weighted by molar-refractivity contribution is -0.129. The van der Waals surface area contributed by atoms with Crippen molar-refractivity contribution in [2.75, 3.05) is 17.6 Å². The number of carbonyl (C=O) groups excluding carboxylic acids is 2. The predicted octanol–water partition coefficient (Wildman–Crippen LogP) is 3.01. The number of anilines is 1. The van der Waals surface area contributed by atoms with E-state index in [9.17, 15) is 9.59 Å². The zero-order chi connectivity index (χ0) is 15.1. The van der Waals surface area contributed by atoms with Gasteiger partial charge in [0.25, 0.3) is 0 Å². The Morgan fingerprint density at radius 2 is 2.10 bits per heavy atom. The molecule has 0 bridgehead atoms. The van der Waals surface area contributed by atoms with Crippen molar-refractivity contribution in [1.29, 1.82) is 0 Å². The molecule has 0 radical (unpaired) electrons. The number of benzene rings is 1. The fourth-order valence-electron chi connectivity index (χ4n) is 2.03. The molecule has 0 aliphatic carbocycles. The number of thioether (sulfide) groups is 1. The van der Waals surface area contributed by atoms with Crippen molar-refractivity contribution < 1.29 is 9.59 Å². The van der Waals surface area contributed by atoms with Gasteiger partial charge in [0, 0.05) is 11.9 Å². The van der Waals surface area contributed by atoms with Gasteiger partial charge in [0.2, 0.25) is 11.8 Å². The fourth-order valence-corrected chi connectivity index (χ4v) is 2.67. The molecule has 1 aliphatic rings. The molecule has 1 N–H and O–H groups in total. The van der Waals surface area contributed by atoms with E-state index in [0.717, 1.165) is 12.1 Å². The number of nitrogens with one attached hydrogen (secondary N) is 1. The first-order chi connectivity index (χ1) is 10.2. The summed E-state index contributed by atoms with van der Waals surface area (Å²) in [6.07, 6.45) is 5.07. The molecule has 0 saturated heterocycles. The first kappa shape index (κ1) is 15.6. The second-order valence-electron chi connectivity index (χ2n) is 4.97. The predicted molar refractivity (Wildman–Crippen MR) is 87.0 cm³/mol. The van der Waals surface area contributed by atoms with E-state index in [4.69, 9.17) is 0 Å². The Morgan fingerprint density at radius 3 is 2.76 bits per heavy atom. The lowest BCUT2D eigenvalue weighted by atomic mass is 10.1. The summed E-state index contributed by atoms with van der Waals surface area (Å²) >= 11 is 1.44. The molecule has 1 aromatic carbocycles. The molecule has 0 spiro atoms. The van der Waals surface area contributed by atoms with Gasteiger partial charge in [-0.25, -0.2) is 0 Å². The number of amides is 2. The summed E-state index contributed by atoms with van der Waals surface area (Å²) in [4.78, 5) is 25.0. The van der Waals surface area contributed by atoms with Crippen molar-refractivity contribution in [3.63, 3.8) is 0 Å². The Morgan fingerprint density at radius 1 is 1.33 bits per heavy atom. The van der Waals surface area contributed by atoms with E-state index in [0.29, 0.717) is 5.75 Å². The Hall–Kier alpha value is -1.75. The van der Waals surface area contributed by atoms with Crippen molar-refractivity contribution in [2.45, 2.75) is 26.2 Å². The maximum Gasteiger partial charge on any atom is 0.244 e. The van der Waals surface area contributed by atoms with Gasteiger partial charge < -0.3 is 10.2 Å². The average Bonchev–Trinajstić information content (AvgIpc) is 2.49. The highest BCUT2D eigenvalue weighted by Gasteiger charge is 2.17. The summed E-state index contributed by atoms with van der Waals surface area (Å²) in [7, 11) is 0. The van der Waals surface area contributed by atoms with E-state index >= 15 is 0 Å². The second kappa shape index (κ2) is 7.88. The maximum absolute atomic E-state index is 11.9. The zero-order valence-corrected chi connectivity index (χ0v) is 13.0. The minimum absolute atomic E-state index is 0.0347. The molecule has 1 aliphatic heterocycles. The van der Waals surface area contributed by atoms with Crippen molar-refractivity contribution in [2.24, 2.45) is 0 Å². The van der Waals surface area contributed by atoms with Gasteiger partial charge in [-0.3, -0.25) is 9.59 Å². The van der Waals surface area contributed by atoms with Crippen LogP contribution in [0.1, 0.15) is 25.3 Å². The molecule has 21 heavy (non-hydrogen) atoms. The SMILES string of the molecule is CCCCc1ccc(NC(=O)CN2C=CSCC2=O)cc1. The molecule has 2 amide bonds. The molecule has 0 unspecified atom stereocenters. The second-order valence-corrected chi connectivity index (χ2v) is 5.86. The Kier molecular flexibility index (Phi) is 5.87. The molecular formula is C16H20N2O2S. The van der Waals surface area contributed by atoms with Crippen LogP contribution in [0.4, 0.5) is 5.69 Å². The van der Waals surface area contributed by atoms with Crippen molar-refractivity contribution in [3.8, 4) is 0 Å². The number of nitrogens with zero attached hydrogens (tertiary/aromatic N) is 1. The maximum atomic E-state index is 11.9. The van der Waals surface area contributed by atoms with Crippen LogP contribution in [-0.2, 0) is 16.0 Å². The molecule has 5 heteroatoms. The molecular weight excluding hydrogens is 284 g/mol. The number of hydrogen-bond acceptors (Lipinski definition) is 3. The average molecular weight is 304 g/mol. The van der Waals surface area contributed by atoms with Crippen LogP contribution < -0.4 is 5.32 Å². The van der Waals surface area contributed by atoms with E-state index < -0.39 is 0 Å². The smallest absolute Gasteiger partial charge is 0.244 e. The summed E-state index contributed by atoms with van der Waals surface area (Å²) in [5.41, 5.74) is 2.05. The molecule has 2 rings (SSSR count). The van der Waals surface area contributed by atoms with Crippen LogP contribution in [0.2, 0.25) is 0 Å². The first-order valence-corrected chi connectivity index (χ1v) is 8.20. The van der Waals surface area contributed by atoms with Crippen LogP contribution in [-0.4, -0.2) is 29.0 Å². The molecule has 0 fully saturated rings. The monoisotopic (exact) mass is 304 g/mol. The normalized spacial score (nSPS) is 14.3. The van der Waals surface area contributed by atoms with Gasteiger partial charge in [-0.1, -0.05) is 25.5 Å². The van der Waals surface area contributed by atoms with Gasteiger partial charge in [0.05, 0.1) is 5.75 Å². The first-order valence-electron chi connectivity index (χ1n) is 7.15. The van der Waals surface area contributed by atoms with E-state index in [1.807, 2.05) is 29.7 Å². The van der Waals surface area contributed by atoms with Crippen molar-refractivity contribution in [3.05, 3.63) is 41.4 Å². The summed E-state index contributed by atoms with van der Waals surface area (Å²) in [5, 5.41) is 4.65. The van der Waals surface area contributed by atoms with Crippen LogP contribution in [0.3, 0.4) is 0 Å². The van der Waals surface area contributed by atoms with Crippen molar-refractivity contribution >= 4 is 29.3 Å². The summed E-state index contributed by atoms with van der Waals surface area (Å²) in [6.45, 7) is 2.23. The highest BCUT2D eigenvalue weighted by Crippen LogP contribution is 2.14. The lowest BCUT2D eigenvalue weighted by Gasteiger charge is -2.20. The van der Waals surface area contributed by atoms with Crippen LogP contribution in [0.25, 0.3) is 0 Å². The Labute approximate surface area is 129 Å². The Balaban J connectivity index is 1.86. The summed E-state index contributed by atoms with van der Waals surface area (Å²) < 4.78 is 0. The van der Waals surface area contributed by atoms with Gasteiger partial charge >= 0.3 is 0 Å². The fraction of sp³-hybridized carbons (Fsp3) is 0.375. The molecule has 4 nitrogen and oxygen atoms in total. The largest absolute Gasteiger partial charge is 0.325 e. The van der Waals surface area contributed by atoms with E-state index in [-0.39, 0.29) is 18.4 Å². The van der Waals surface area contributed by atoms with Gasteiger partial charge in [0.15, 0.2) is 0 Å². The van der Waals surface area contributed by atoms with Gasteiger partial charge in [0.1, 0.15) is 6.54 Å². The summed E-state index contributed by atoms with van der Waals surface area (Å²) in [5.74, 6) is 0.185. The summed E-state index contributed by atoms with van der Waals surface area (Å²) in [6, 6.07) is 7.89. The Bertz CT molecular complexity index is 526. The third kappa shape index (κ3) is 4.93. The topological polar surface area (TPSA) is 49.4 Å². The number of carbonyl (C=O) groups is 2. The molecule has 0 aromatic heterocycles.